The zero-order valence-corrected chi connectivity index (χ0v) is 16.2. The summed E-state index contributed by atoms with van der Waals surface area (Å²) in [6, 6.07) is 0.715. The highest BCUT2D eigenvalue weighted by Crippen LogP contribution is 2.00. The molecule has 1 amide bonds. The molecule has 0 aliphatic carbocycles. The molecule has 0 saturated heterocycles. The van der Waals surface area contributed by atoms with Gasteiger partial charge < -0.3 is 10.6 Å². The summed E-state index contributed by atoms with van der Waals surface area (Å²) in [4.78, 5) is 13.6. The molecule has 6 nitrogen and oxygen atoms in total. The van der Waals surface area contributed by atoms with Crippen LogP contribution in [0.3, 0.4) is 0 Å². The van der Waals surface area contributed by atoms with Crippen LogP contribution in [0.25, 0.3) is 0 Å². The molecule has 0 radical (unpaired) electrons. The average Bonchev–Trinajstić information content (AvgIpc) is 2.42. The first kappa shape index (κ1) is 22.3. The van der Waals surface area contributed by atoms with Crippen molar-refractivity contribution in [3.05, 3.63) is 0 Å². The van der Waals surface area contributed by atoms with Crippen LogP contribution in [0.1, 0.15) is 47.0 Å². The third-order valence-electron chi connectivity index (χ3n) is 3.66. The van der Waals surface area contributed by atoms with Gasteiger partial charge >= 0.3 is 0 Å². The van der Waals surface area contributed by atoms with Crippen molar-refractivity contribution in [2.45, 2.75) is 59.0 Å². The number of hydrogen-bond acceptors (Lipinski definition) is 5. The van der Waals surface area contributed by atoms with E-state index in [9.17, 15) is 13.2 Å². The predicted octanol–water partition coefficient (Wildman–Crippen LogP) is 1.03. The Morgan fingerprint density at radius 3 is 2.17 bits per heavy atom. The second-order valence-corrected chi connectivity index (χ2v) is 8.98. The monoisotopic (exact) mass is 349 g/mol. The van der Waals surface area contributed by atoms with Gasteiger partial charge in [-0.2, -0.15) is 0 Å². The van der Waals surface area contributed by atoms with Crippen molar-refractivity contribution < 1.29 is 13.2 Å². The predicted molar refractivity (Wildman–Crippen MR) is 96.4 cm³/mol. The third kappa shape index (κ3) is 13.5. The van der Waals surface area contributed by atoms with Gasteiger partial charge in [-0.3, -0.25) is 9.69 Å². The van der Waals surface area contributed by atoms with E-state index >= 15 is 0 Å². The summed E-state index contributed by atoms with van der Waals surface area (Å²) in [6.45, 7) is 9.80. The number of carbonyl (C=O) groups is 1. The Morgan fingerprint density at radius 1 is 1.00 bits per heavy atom. The number of unbranched alkanes of at least 4 members (excludes halogenated alkanes) is 1. The van der Waals surface area contributed by atoms with Crippen molar-refractivity contribution >= 4 is 15.7 Å². The summed E-state index contributed by atoms with van der Waals surface area (Å²) in [5.41, 5.74) is 0. The van der Waals surface area contributed by atoms with Crippen molar-refractivity contribution in [1.82, 2.24) is 15.5 Å². The quantitative estimate of drug-likeness (QED) is 0.486. The maximum Gasteiger partial charge on any atom is 0.234 e. The number of sulfone groups is 1. The zero-order chi connectivity index (χ0) is 17.9. The summed E-state index contributed by atoms with van der Waals surface area (Å²) in [6.07, 6.45) is 1.94. The van der Waals surface area contributed by atoms with Crippen molar-refractivity contribution in [3.8, 4) is 0 Å². The molecule has 0 spiro atoms. The standard InChI is InChI=1S/C16H35N3O3S/c1-14(2)17-10-8-12-23(21,22)11-7-6-9-18-16(20)13-19(5)15(3)4/h14-15,17H,6-13H2,1-5H3,(H,18,20). The summed E-state index contributed by atoms with van der Waals surface area (Å²) in [7, 11) is -1.06. The van der Waals surface area contributed by atoms with Gasteiger partial charge in [-0.1, -0.05) is 13.8 Å². The van der Waals surface area contributed by atoms with Crippen LogP contribution in [0.15, 0.2) is 0 Å². The normalized spacial score (nSPS) is 12.3. The molecule has 0 atom stereocenters. The Hall–Kier alpha value is -0.660. The van der Waals surface area contributed by atoms with Crippen LogP contribution < -0.4 is 10.6 Å². The molecular weight excluding hydrogens is 314 g/mol. The van der Waals surface area contributed by atoms with Gasteiger partial charge in [0.05, 0.1) is 18.1 Å². The molecule has 0 fully saturated rings. The molecule has 0 saturated carbocycles. The fourth-order valence-corrected chi connectivity index (χ4v) is 3.36. The Morgan fingerprint density at radius 2 is 1.61 bits per heavy atom. The molecule has 7 heteroatoms. The van der Waals surface area contributed by atoms with E-state index in [0.717, 1.165) is 6.54 Å². The lowest BCUT2D eigenvalue weighted by atomic mass is 10.3. The minimum absolute atomic E-state index is 0.0104. The third-order valence-corrected chi connectivity index (χ3v) is 5.48. The molecule has 0 aromatic rings. The first-order chi connectivity index (χ1) is 10.6. The summed E-state index contributed by atoms with van der Waals surface area (Å²) < 4.78 is 23.7. The molecule has 138 valence electrons. The van der Waals surface area contributed by atoms with E-state index in [2.05, 4.69) is 10.6 Å². The molecule has 0 rings (SSSR count). The number of amides is 1. The van der Waals surface area contributed by atoms with Gasteiger partial charge in [-0.25, -0.2) is 8.42 Å². The molecule has 2 N–H and O–H groups in total. The lowest BCUT2D eigenvalue weighted by Gasteiger charge is -2.20. The number of rotatable bonds is 13. The number of hydrogen-bond donors (Lipinski definition) is 2. The summed E-state index contributed by atoms with van der Waals surface area (Å²) >= 11 is 0. The number of nitrogens with one attached hydrogen (secondary N) is 2. The van der Waals surface area contributed by atoms with Gasteiger partial charge in [0.15, 0.2) is 0 Å². The van der Waals surface area contributed by atoms with Crippen molar-refractivity contribution in [1.29, 1.82) is 0 Å². The van der Waals surface area contributed by atoms with Crippen LogP contribution in [-0.2, 0) is 14.6 Å². The topological polar surface area (TPSA) is 78.5 Å². The van der Waals surface area contributed by atoms with E-state index in [1.54, 1.807) is 0 Å². The van der Waals surface area contributed by atoms with Gasteiger partial charge in [0.1, 0.15) is 9.84 Å². The summed E-state index contributed by atoms with van der Waals surface area (Å²) in [5.74, 6) is 0.429. The Kier molecular flexibility index (Phi) is 11.5. The first-order valence-corrected chi connectivity index (χ1v) is 10.4. The van der Waals surface area contributed by atoms with Crippen LogP contribution in [-0.4, -0.2) is 69.5 Å². The van der Waals surface area contributed by atoms with Gasteiger partial charge in [-0.05, 0) is 46.7 Å². The van der Waals surface area contributed by atoms with Gasteiger partial charge in [0.25, 0.3) is 0 Å². The summed E-state index contributed by atoms with van der Waals surface area (Å²) in [5, 5.41) is 6.05. The molecule has 0 aliphatic heterocycles. The zero-order valence-electron chi connectivity index (χ0n) is 15.4. The number of nitrogens with zero attached hydrogens (tertiary/aromatic N) is 1. The molecular formula is C16H35N3O3S. The van der Waals surface area contributed by atoms with Crippen LogP contribution >= 0.6 is 0 Å². The second kappa shape index (κ2) is 11.8. The number of carbonyl (C=O) groups excluding carboxylic acids is 1. The SMILES string of the molecule is CC(C)NCCCS(=O)(=O)CCCCNC(=O)CN(C)C(C)C. The van der Waals surface area contributed by atoms with E-state index in [4.69, 9.17) is 0 Å². The van der Waals surface area contributed by atoms with Crippen LogP contribution in [0, 0.1) is 0 Å². The van der Waals surface area contributed by atoms with E-state index in [1.165, 1.54) is 0 Å². The molecule has 0 aromatic heterocycles. The van der Waals surface area contributed by atoms with E-state index in [-0.39, 0.29) is 17.4 Å². The average molecular weight is 350 g/mol. The van der Waals surface area contributed by atoms with Crippen LogP contribution in [0.5, 0.6) is 0 Å². The van der Waals surface area contributed by atoms with Gasteiger partial charge in [-0.15, -0.1) is 0 Å². The molecule has 0 bridgehead atoms. The molecule has 0 aromatic carbocycles. The van der Waals surface area contributed by atoms with E-state index in [1.807, 2.05) is 39.6 Å². The van der Waals surface area contributed by atoms with E-state index < -0.39 is 9.84 Å². The fourth-order valence-electron chi connectivity index (χ4n) is 1.92. The van der Waals surface area contributed by atoms with Crippen LogP contribution in [0.4, 0.5) is 0 Å². The highest BCUT2D eigenvalue weighted by molar-refractivity contribution is 7.91. The Balaban J connectivity index is 3.71. The maximum absolute atomic E-state index is 11.9. The lowest BCUT2D eigenvalue weighted by Crippen LogP contribution is -2.38. The molecule has 0 aliphatic rings. The first-order valence-electron chi connectivity index (χ1n) is 8.55. The second-order valence-electron chi connectivity index (χ2n) is 6.68. The molecule has 0 unspecified atom stereocenters. The van der Waals surface area contributed by atoms with Crippen molar-refractivity contribution in [3.63, 3.8) is 0 Å². The minimum Gasteiger partial charge on any atom is -0.355 e. The largest absolute Gasteiger partial charge is 0.355 e. The molecule has 23 heavy (non-hydrogen) atoms. The Bertz CT molecular complexity index is 422. The van der Waals surface area contributed by atoms with Gasteiger partial charge in [0.2, 0.25) is 5.91 Å². The maximum atomic E-state index is 11.9. The van der Waals surface area contributed by atoms with E-state index in [0.29, 0.717) is 44.4 Å². The van der Waals surface area contributed by atoms with Crippen LogP contribution in [0.2, 0.25) is 0 Å². The molecule has 0 heterocycles. The minimum atomic E-state index is -2.97. The smallest absolute Gasteiger partial charge is 0.234 e. The van der Waals surface area contributed by atoms with Gasteiger partial charge in [0, 0.05) is 18.6 Å². The Labute approximate surface area is 142 Å². The van der Waals surface area contributed by atoms with Crippen molar-refractivity contribution in [2.75, 3.05) is 38.2 Å². The number of likely N-dealkylation sites (N-methyl/N-ethyl adjacent to an activating group) is 1. The lowest BCUT2D eigenvalue weighted by molar-refractivity contribution is -0.122. The van der Waals surface area contributed by atoms with Crippen molar-refractivity contribution in [2.24, 2.45) is 0 Å². The highest BCUT2D eigenvalue weighted by atomic mass is 32.2. The fraction of sp³-hybridized carbons (Fsp3) is 0.938. The highest BCUT2D eigenvalue weighted by Gasteiger charge is 2.11.